The Morgan fingerprint density at radius 3 is 2.71 bits per heavy atom. The second-order valence-electron chi connectivity index (χ2n) is 6.03. The summed E-state index contributed by atoms with van der Waals surface area (Å²) in [5.74, 6) is 1.50. The Balaban J connectivity index is 2.19. The van der Waals surface area contributed by atoms with Crippen molar-refractivity contribution in [1.82, 2.24) is 0 Å². The summed E-state index contributed by atoms with van der Waals surface area (Å²) in [6.45, 7) is 6.64. The summed E-state index contributed by atoms with van der Waals surface area (Å²) in [5, 5.41) is 13.0. The summed E-state index contributed by atoms with van der Waals surface area (Å²) in [6, 6.07) is 6.12. The van der Waals surface area contributed by atoms with Crippen molar-refractivity contribution in [2.75, 3.05) is 11.1 Å². The second-order valence-corrected chi connectivity index (χ2v) is 7.33. The molecule has 3 atom stereocenters. The molecule has 4 heteroatoms. The van der Waals surface area contributed by atoms with Gasteiger partial charge in [0.15, 0.2) is 0 Å². The molecule has 3 unspecified atom stereocenters. The molecule has 1 saturated carbocycles. The van der Waals surface area contributed by atoms with Crippen LogP contribution in [0.5, 0.6) is 0 Å². The normalized spacial score (nSPS) is 25.6. The molecule has 0 saturated heterocycles. The topological polar surface area (TPSA) is 49.3 Å². The van der Waals surface area contributed by atoms with Crippen molar-refractivity contribution in [2.45, 2.75) is 51.0 Å². The van der Waals surface area contributed by atoms with E-state index in [-0.39, 0.29) is 0 Å². The summed E-state index contributed by atoms with van der Waals surface area (Å²) < 4.78 is 0. The maximum absolute atomic E-state index is 11.6. The van der Waals surface area contributed by atoms with Crippen molar-refractivity contribution in [3.63, 3.8) is 0 Å². The standard InChI is InChI=1S/C17H25NO2S/c1-4-21-15-7-5-6-14(16(15)17(19)20)18-13-9-8-11(2)12(3)10-13/h5-7,11-13,18H,4,8-10H2,1-3H3,(H,19,20). The number of aromatic carboxylic acids is 1. The van der Waals surface area contributed by atoms with Crippen molar-refractivity contribution < 1.29 is 9.90 Å². The molecule has 1 aromatic carbocycles. The minimum Gasteiger partial charge on any atom is -0.478 e. The van der Waals surface area contributed by atoms with E-state index in [9.17, 15) is 9.90 Å². The van der Waals surface area contributed by atoms with Gasteiger partial charge in [0.2, 0.25) is 0 Å². The zero-order chi connectivity index (χ0) is 15.4. The van der Waals surface area contributed by atoms with Crippen LogP contribution in [0.25, 0.3) is 0 Å². The molecular weight excluding hydrogens is 282 g/mol. The fourth-order valence-electron chi connectivity index (χ4n) is 3.05. The largest absolute Gasteiger partial charge is 0.478 e. The first kappa shape index (κ1) is 16.2. The molecule has 0 bridgehead atoms. The summed E-state index contributed by atoms with van der Waals surface area (Å²) in [5.41, 5.74) is 1.20. The van der Waals surface area contributed by atoms with Crippen molar-refractivity contribution in [3.05, 3.63) is 23.8 Å². The molecule has 1 aromatic rings. The molecule has 1 aliphatic carbocycles. The van der Waals surface area contributed by atoms with Crippen molar-refractivity contribution in [2.24, 2.45) is 11.8 Å². The first-order valence-electron chi connectivity index (χ1n) is 7.78. The van der Waals surface area contributed by atoms with Gasteiger partial charge >= 0.3 is 5.97 Å². The predicted octanol–water partition coefficient (Wildman–Crippen LogP) is 4.73. The summed E-state index contributed by atoms with van der Waals surface area (Å²) >= 11 is 1.59. The highest BCUT2D eigenvalue weighted by Crippen LogP contribution is 2.34. The molecule has 0 spiro atoms. The van der Waals surface area contributed by atoms with E-state index in [1.807, 2.05) is 25.1 Å². The number of thioether (sulfide) groups is 1. The average molecular weight is 307 g/mol. The second kappa shape index (κ2) is 7.21. The predicted molar refractivity (Wildman–Crippen MR) is 89.4 cm³/mol. The lowest BCUT2D eigenvalue weighted by atomic mass is 9.79. The molecular formula is C17H25NO2S. The van der Waals surface area contributed by atoms with Crippen LogP contribution in [0.4, 0.5) is 5.69 Å². The summed E-state index contributed by atoms with van der Waals surface area (Å²) in [4.78, 5) is 12.5. The van der Waals surface area contributed by atoms with Gasteiger partial charge in [-0.15, -0.1) is 11.8 Å². The Labute approximate surface area is 131 Å². The number of carboxylic acids is 1. The van der Waals surface area contributed by atoms with Gasteiger partial charge in [0, 0.05) is 10.9 Å². The van der Waals surface area contributed by atoms with Gasteiger partial charge in [0.05, 0.1) is 11.3 Å². The van der Waals surface area contributed by atoms with Crippen LogP contribution in [0.2, 0.25) is 0 Å². The molecule has 2 rings (SSSR count). The maximum atomic E-state index is 11.6. The van der Waals surface area contributed by atoms with Gasteiger partial charge < -0.3 is 10.4 Å². The molecule has 0 amide bonds. The van der Waals surface area contributed by atoms with E-state index in [2.05, 4.69) is 19.2 Å². The minimum atomic E-state index is -0.841. The highest BCUT2D eigenvalue weighted by atomic mass is 32.2. The summed E-state index contributed by atoms with van der Waals surface area (Å²) in [6.07, 6.45) is 3.45. The van der Waals surface area contributed by atoms with E-state index in [0.717, 1.165) is 35.1 Å². The first-order chi connectivity index (χ1) is 10.0. The quantitative estimate of drug-likeness (QED) is 0.772. The smallest absolute Gasteiger partial charge is 0.338 e. The van der Waals surface area contributed by atoms with Crippen molar-refractivity contribution in [3.8, 4) is 0 Å². The summed E-state index contributed by atoms with van der Waals surface area (Å²) in [7, 11) is 0. The molecule has 116 valence electrons. The van der Waals surface area contributed by atoms with Crippen LogP contribution in [-0.4, -0.2) is 22.9 Å². The monoisotopic (exact) mass is 307 g/mol. The van der Waals surface area contributed by atoms with Gasteiger partial charge in [-0.1, -0.05) is 26.8 Å². The van der Waals surface area contributed by atoms with E-state index in [4.69, 9.17) is 0 Å². The molecule has 0 radical (unpaired) electrons. The maximum Gasteiger partial charge on any atom is 0.338 e. The van der Waals surface area contributed by atoms with Crippen molar-refractivity contribution in [1.29, 1.82) is 0 Å². The number of anilines is 1. The van der Waals surface area contributed by atoms with Crippen LogP contribution < -0.4 is 5.32 Å². The molecule has 1 fully saturated rings. The van der Waals surface area contributed by atoms with Gasteiger partial charge in [-0.2, -0.15) is 0 Å². The van der Waals surface area contributed by atoms with Crippen LogP contribution in [0, 0.1) is 11.8 Å². The van der Waals surface area contributed by atoms with E-state index >= 15 is 0 Å². The lowest BCUT2D eigenvalue weighted by Gasteiger charge is -2.33. The fraction of sp³-hybridized carbons (Fsp3) is 0.588. The molecule has 21 heavy (non-hydrogen) atoms. The van der Waals surface area contributed by atoms with Crippen LogP contribution >= 0.6 is 11.8 Å². The zero-order valence-electron chi connectivity index (χ0n) is 13.1. The lowest BCUT2D eigenvalue weighted by Crippen LogP contribution is -2.31. The van der Waals surface area contributed by atoms with Gasteiger partial charge in [-0.3, -0.25) is 0 Å². The SMILES string of the molecule is CCSc1cccc(NC2CCC(C)C(C)C2)c1C(=O)O. The molecule has 0 heterocycles. The Morgan fingerprint density at radius 2 is 2.10 bits per heavy atom. The third-order valence-corrected chi connectivity index (χ3v) is 5.44. The highest BCUT2D eigenvalue weighted by molar-refractivity contribution is 7.99. The minimum absolute atomic E-state index is 0.385. The van der Waals surface area contributed by atoms with E-state index in [1.165, 1.54) is 6.42 Å². The number of carbonyl (C=O) groups is 1. The number of hydrogen-bond donors (Lipinski definition) is 2. The van der Waals surface area contributed by atoms with Crippen molar-refractivity contribution >= 4 is 23.4 Å². The number of benzene rings is 1. The number of hydrogen-bond acceptors (Lipinski definition) is 3. The molecule has 2 N–H and O–H groups in total. The zero-order valence-corrected chi connectivity index (χ0v) is 13.9. The Morgan fingerprint density at radius 1 is 1.33 bits per heavy atom. The van der Waals surface area contributed by atoms with Crippen LogP contribution in [0.1, 0.15) is 50.4 Å². The Kier molecular flexibility index (Phi) is 5.57. The van der Waals surface area contributed by atoms with Crippen LogP contribution in [-0.2, 0) is 0 Å². The molecule has 1 aliphatic rings. The number of carboxylic acid groups (broad SMARTS) is 1. The Bertz CT molecular complexity index is 504. The van der Waals surface area contributed by atoms with Gasteiger partial charge in [0.25, 0.3) is 0 Å². The molecule has 3 nitrogen and oxygen atoms in total. The third-order valence-electron chi connectivity index (χ3n) is 4.50. The average Bonchev–Trinajstić information content (AvgIpc) is 2.43. The van der Waals surface area contributed by atoms with Gasteiger partial charge in [0.1, 0.15) is 0 Å². The lowest BCUT2D eigenvalue weighted by molar-refractivity contribution is 0.0694. The van der Waals surface area contributed by atoms with Gasteiger partial charge in [-0.25, -0.2) is 4.79 Å². The third kappa shape index (κ3) is 3.94. The Hall–Kier alpha value is -1.16. The number of nitrogens with one attached hydrogen (secondary N) is 1. The molecule has 0 aromatic heterocycles. The van der Waals surface area contributed by atoms with Crippen LogP contribution in [0.3, 0.4) is 0 Å². The van der Waals surface area contributed by atoms with E-state index in [1.54, 1.807) is 11.8 Å². The first-order valence-corrected chi connectivity index (χ1v) is 8.77. The molecule has 0 aliphatic heterocycles. The fourth-order valence-corrected chi connectivity index (χ4v) is 3.87. The van der Waals surface area contributed by atoms with Gasteiger partial charge in [-0.05, 0) is 49.0 Å². The van der Waals surface area contributed by atoms with E-state index in [0.29, 0.717) is 17.5 Å². The number of rotatable bonds is 5. The van der Waals surface area contributed by atoms with Crippen LogP contribution in [0.15, 0.2) is 23.1 Å². The van der Waals surface area contributed by atoms with E-state index < -0.39 is 5.97 Å². The highest BCUT2D eigenvalue weighted by Gasteiger charge is 2.26.